The Morgan fingerprint density at radius 1 is 1.17 bits per heavy atom. The Morgan fingerprint density at radius 2 is 1.91 bits per heavy atom. The molecule has 2 atom stereocenters. The van der Waals surface area contributed by atoms with Gasteiger partial charge in [-0.05, 0) is 18.2 Å². The van der Waals surface area contributed by atoms with Crippen LogP contribution in [0.1, 0.15) is 11.5 Å². The van der Waals surface area contributed by atoms with Gasteiger partial charge in [-0.15, -0.1) is 0 Å². The standard InChI is InChI=1S/C16H16BrNO5/c1-21-13-5-4-9(17)6-10(13)14-11(15(19)22-2)7-18-8-12(14)16(20)23-3/h4-8,11,14H,1-3H3/t11?,14-/m0/s1. The van der Waals surface area contributed by atoms with Crippen LogP contribution in [0.25, 0.3) is 0 Å². The fourth-order valence-electron chi connectivity index (χ4n) is 2.52. The highest BCUT2D eigenvalue weighted by Crippen LogP contribution is 2.40. The molecular weight excluding hydrogens is 366 g/mol. The summed E-state index contributed by atoms with van der Waals surface area (Å²) < 4.78 is 15.8. The lowest BCUT2D eigenvalue weighted by Gasteiger charge is -2.27. The summed E-state index contributed by atoms with van der Waals surface area (Å²) in [5.74, 6) is -1.85. The predicted octanol–water partition coefficient (Wildman–Crippen LogP) is 2.47. The van der Waals surface area contributed by atoms with Gasteiger partial charge in [0.1, 0.15) is 11.7 Å². The first kappa shape index (κ1) is 17.2. The molecule has 0 amide bonds. The van der Waals surface area contributed by atoms with Crippen molar-refractivity contribution in [2.24, 2.45) is 10.9 Å². The lowest BCUT2D eigenvalue weighted by atomic mass is 9.79. The number of nitrogens with zero attached hydrogens (tertiary/aromatic N) is 1. The van der Waals surface area contributed by atoms with E-state index < -0.39 is 23.8 Å². The number of aliphatic imine (C=N–C) groups is 1. The largest absolute Gasteiger partial charge is 0.496 e. The van der Waals surface area contributed by atoms with Gasteiger partial charge in [-0.2, -0.15) is 0 Å². The van der Waals surface area contributed by atoms with Crippen LogP contribution in [0.4, 0.5) is 0 Å². The van der Waals surface area contributed by atoms with Crippen molar-refractivity contribution in [2.45, 2.75) is 5.92 Å². The van der Waals surface area contributed by atoms with Gasteiger partial charge < -0.3 is 14.2 Å². The predicted molar refractivity (Wildman–Crippen MR) is 87.5 cm³/mol. The van der Waals surface area contributed by atoms with Crippen LogP contribution in [0.5, 0.6) is 5.75 Å². The third kappa shape index (κ3) is 3.44. The van der Waals surface area contributed by atoms with Crippen LogP contribution in [0.2, 0.25) is 0 Å². The molecule has 7 heteroatoms. The lowest BCUT2D eigenvalue weighted by Crippen LogP contribution is -2.31. The number of rotatable bonds is 4. The Kier molecular flexibility index (Phi) is 5.54. The summed E-state index contributed by atoms with van der Waals surface area (Å²) in [6.07, 6.45) is 2.86. The number of halogens is 1. The van der Waals surface area contributed by atoms with Gasteiger partial charge >= 0.3 is 11.9 Å². The average Bonchev–Trinajstić information content (AvgIpc) is 2.59. The quantitative estimate of drug-likeness (QED) is 0.748. The van der Waals surface area contributed by atoms with Crippen LogP contribution in [0.15, 0.2) is 39.4 Å². The molecule has 1 aliphatic rings. The number of ether oxygens (including phenoxy) is 3. The van der Waals surface area contributed by atoms with Gasteiger partial charge in [0.2, 0.25) is 0 Å². The minimum atomic E-state index is -0.748. The number of esters is 2. The summed E-state index contributed by atoms with van der Waals surface area (Å²) in [6, 6.07) is 5.37. The van der Waals surface area contributed by atoms with Crippen molar-refractivity contribution in [1.82, 2.24) is 0 Å². The maximum atomic E-state index is 12.1. The van der Waals surface area contributed by atoms with Gasteiger partial charge in [0.05, 0.1) is 26.9 Å². The third-order valence-electron chi connectivity index (χ3n) is 3.58. The normalized spacial score (nSPS) is 19.7. The van der Waals surface area contributed by atoms with Crippen LogP contribution in [0.3, 0.4) is 0 Å². The zero-order valence-electron chi connectivity index (χ0n) is 12.9. The van der Waals surface area contributed by atoms with Gasteiger partial charge in [-0.25, -0.2) is 4.79 Å². The molecule has 0 saturated carbocycles. The van der Waals surface area contributed by atoms with Gasteiger partial charge in [0.15, 0.2) is 0 Å². The third-order valence-corrected chi connectivity index (χ3v) is 4.07. The van der Waals surface area contributed by atoms with E-state index in [1.165, 1.54) is 33.7 Å². The summed E-state index contributed by atoms with van der Waals surface area (Å²) >= 11 is 3.40. The van der Waals surface area contributed by atoms with Crippen LogP contribution in [-0.4, -0.2) is 39.5 Å². The highest BCUT2D eigenvalue weighted by atomic mass is 79.9. The van der Waals surface area contributed by atoms with Crippen molar-refractivity contribution in [1.29, 1.82) is 0 Å². The number of benzene rings is 1. The number of carbonyl (C=O) groups is 2. The van der Waals surface area contributed by atoms with E-state index in [0.717, 1.165) is 4.47 Å². The second-order valence-corrected chi connectivity index (χ2v) is 5.70. The van der Waals surface area contributed by atoms with Crippen LogP contribution >= 0.6 is 15.9 Å². The summed E-state index contributed by atoms with van der Waals surface area (Å²) in [5, 5.41) is 0. The van der Waals surface area contributed by atoms with Gasteiger partial charge in [-0.3, -0.25) is 9.79 Å². The van der Waals surface area contributed by atoms with E-state index in [0.29, 0.717) is 11.3 Å². The van der Waals surface area contributed by atoms with E-state index in [1.54, 1.807) is 12.1 Å². The topological polar surface area (TPSA) is 74.2 Å². The minimum absolute atomic E-state index is 0.266. The van der Waals surface area contributed by atoms with Crippen LogP contribution in [0, 0.1) is 5.92 Å². The number of hydrogen-bond donors (Lipinski definition) is 0. The molecule has 0 bridgehead atoms. The lowest BCUT2D eigenvalue weighted by molar-refractivity contribution is -0.143. The second kappa shape index (κ2) is 7.41. The van der Waals surface area contributed by atoms with Crippen molar-refractivity contribution in [2.75, 3.05) is 21.3 Å². The Hall–Kier alpha value is -2.15. The Morgan fingerprint density at radius 3 is 2.52 bits per heavy atom. The molecule has 1 heterocycles. The molecule has 122 valence electrons. The SMILES string of the molecule is COC(=O)C1=CN=CC(C(=O)OC)[C@@H]1c1cc(Br)ccc1OC. The first-order chi connectivity index (χ1) is 11.0. The van der Waals surface area contributed by atoms with Crippen molar-refractivity contribution >= 4 is 34.1 Å². The van der Waals surface area contributed by atoms with E-state index in [4.69, 9.17) is 14.2 Å². The van der Waals surface area contributed by atoms with E-state index in [2.05, 4.69) is 20.9 Å². The fourth-order valence-corrected chi connectivity index (χ4v) is 2.89. The molecule has 0 N–H and O–H groups in total. The maximum Gasteiger partial charge on any atom is 0.335 e. The Bertz CT molecular complexity index is 683. The van der Waals surface area contributed by atoms with E-state index >= 15 is 0 Å². The molecule has 1 aromatic rings. The van der Waals surface area contributed by atoms with Crippen molar-refractivity contribution in [3.05, 3.63) is 40.0 Å². The van der Waals surface area contributed by atoms with Crippen LogP contribution in [-0.2, 0) is 19.1 Å². The van der Waals surface area contributed by atoms with Crippen LogP contribution < -0.4 is 4.74 Å². The van der Waals surface area contributed by atoms with E-state index in [1.807, 2.05) is 6.07 Å². The molecule has 1 unspecified atom stereocenters. The fraction of sp³-hybridized carbons (Fsp3) is 0.312. The van der Waals surface area contributed by atoms with E-state index in [9.17, 15) is 9.59 Å². The molecule has 6 nitrogen and oxygen atoms in total. The average molecular weight is 382 g/mol. The molecule has 1 aliphatic heterocycles. The molecular formula is C16H16BrNO5. The highest BCUT2D eigenvalue weighted by Gasteiger charge is 2.39. The van der Waals surface area contributed by atoms with Crippen molar-refractivity contribution < 1.29 is 23.8 Å². The summed E-state index contributed by atoms with van der Waals surface area (Å²) in [6.45, 7) is 0. The van der Waals surface area contributed by atoms with Crippen molar-refractivity contribution in [3.63, 3.8) is 0 Å². The first-order valence-electron chi connectivity index (χ1n) is 6.76. The minimum Gasteiger partial charge on any atom is -0.496 e. The molecule has 1 aromatic carbocycles. The maximum absolute atomic E-state index is 12.1. The second-order valence-electron chi connectivity index (χ2n) is 4.79. The first-order valence-corrected chi connectivity index (χ1v) is 7.55. The van der Waals surface area contributed by atoms with Crippen molar-refractivity contribution in [3.8, 4) is 5.75 Å². The summed E-state index contributed by atoms with van der Waals surface area (Å²) in [7, 11) is 4.10. The number of hydrogen-bond acceptors (Lipinski definition) is 6. The summed E-state index contributed by atoms with van der Waals surface area (Å²) in [5.41, 5.74) is 0.932. The van der Waals surface area contributed by atoms with Gasteiger partial charge in [0, 0.05) is 28.4 Å². The Labute approximate surface area is 142 Å². The van der Waals surface area contributed by atoms with Gasteiger partial charge in [0.25, 0.3) is 0 Å². The molecule has 0 spiro atoms. The molecule has 0 fully saturated rings. The smallest absolute Gasteiger partial charge is 0.335 e. The molecule has 0 radical (unpaired) electrons. The van der Waals surface area contributed by atoms with Gasteiger partial charge in [-0.1, -0.05) is 15.9 Å². The number of carbonyl (C=O) groups excluding carboxylic acids is 2. The number of methoxy groups -OCH3 is 3. The zero-order valence-corrected chi connectivity index (χ0v) is 14.5. The molecule has 0 aliphatic carbocycles. The van der Waals surface area contributed by atoms with E-state index in [-0.39, 0.29) is 5.57 Å². The molecule has 0 saturated heterocycles. The molecule has 0 aromatic heterocycles. The zero-order chi connectivity index (χ0) is 17.0. The molecule has 23 heavy (non-hydrogen) atoms. The highest BCUT2D eigenvalue weighted by molar-refractivity contribution is 9.10. The monoisotopic (exact) mass is 381 g/mol. The summed E-state index contributed by atoms with van der Waals surface area (Å²) in [4.78, 5) is 28.3. The Balaban J connectivity index is 2.61. The molecule has 2 rings (SSSR count).